The zero-order valence-corrected chi connectivity index (χ0v) is 14.5. The van der Waals surface area contributed by atoms with Crippen LogP contribution in [0.15, 0.2) is 54.0 Å². The van der Waals surface area contributed by atoms with Gasteiger partial charge in [0.1, 0.15) is 5.69 Å². The molecule has 0 saturated heterocycles. The molecule has 8 heteroatoms. The number of rotatable bonds is 5. The van der Waals surface area contributed by atoms with Crippen molar-refractivity contribution in [2.45, 2.75) is 6.42 Å². The van der Waals surface area contributed by atoms with Gasteiger partial charge >= 0.3 is 0 Å². The van der Waals surface area contributed by atoms with Crippen molar-refractivity contribution in [3.05, 3.63) is 70.5 Å². The van der Waals surface area contributed by atoms with Crippen LogP contribution in [0.3, 0.4) is 0 Å². The molecular formula is C17H13ClN4O2S. The molecule has 0 aliphatic heterocycles. The maximum Gasteiger partial charge on any atom is 0.275 e. The van der Waals surface area contributed by atoms with Crippen molar-refractivity contribution in [1.82, 2.24) is 9.97 Å². The Bertz CT molecular complexity index is 898. The van der Waals surface area contributed by atoms with Gasteiger partial charge in [0.15, 0.2) is 10.3 Å². The Kier molecular flexibility index (Phi) is 5.37. The highest BCUT2D eigenvalue weighted by Gasteiger charge is 2.14. The number of amides is 2. The summed E-state index contributed by atoms with van der Waals surface area (Å²) in [6.07, 6.45) is 1.77. The SMILES string of the molecule is O=C(Cc1ccccc1)Nc1nc(C(=O)Nc2cccnc2Cl)cs1. The van der Waals surface area contributed by atoms with Gasteiger partial charge in [0.05, 0.1) is 12.1 Å². The van der Waals surface area contributed by atoms with E-state index < -0.39 is 5.91 Å². The number of thiazole rings is 1. The molecular weight excluding hydrogens is 360 g/mol. The molecule has 0 atom stereocenters. The van der Waals surface area contributed by atoms with Crippen LogP contribution < -0.4 is 10.6 Å². The van der Waals surface area contributed by atoms with Gasteiger partial charge in [-0.1, -0.05) is 41.9 Å². The molecule has 0 bridgehead atoms. The van der Waals surface area contributed by atoms with Crippen LogP contribution in [0.4, 0.5) is 10.8 Å². The molecule has 126 valence electrons. The zero-order valence-electron chi connectivity index (χ0n) is 12.9. The number of aromatic nitrogens is 2. The second kappa shape index (κ2) is 7.87. The number of halogens is 1. The van der Waals surface area contributed by atoms with Gasteiger partial charge in [0.2, 0.25) is 5.91 Å². The summed E-state index contributed by atoms with van der Waals surface area (Å²) in [5.74, 6) is -0.613. The van der Waals surface area contributed by atoms with Gasteiger partial charge in [-0.3, -0.25) is 9.59 Å². The van der Waals surface area contributed by atoms with Gasteiger partial charge in [0.25, 0.3) is 5.91 Å². The number of hydrogen-bond acceptors (Lipinski definition) is 5. The van der Waals surface area contributed by atoms with Crippen molar-refractivity contribution in [1.29, 1.82) is 0 Å². The number of carbonyl (C=O) groups excluding carboxylic acids is 2. The van der Waals surface area contributed by atoms with Crippen LogP contribution in [0.2, 0.25) is 5.15 Å². The molecule has 6 nitrogen and oxygen atoms in total. The zero-order chi connectivity index (χ0) is 17.6. The van der Waals surface area contributed by atoms with Crippen LogP contribution >= 0.6 is 22.9 Å². The van der Waals surface area contributed by atoms with E-state index in [1.165, 1.54) is 17.5 Å². The molecule has 0 aliphatic carbocycles. The predicted octanol–water partition coefficient (Wildman–Crippen LogP) is 3.63. The molecule has 2 N–H and O–H groups in total. The van der Waals surface area contributed by atoms with Gasteiger partial charge in [-0.25, -0.2) is 9.97 Å². The first-order chi connectivity index (χ1) is 12.1. The summed E-state index contributed by atoms with van der Waals surface area (Å²) < 4.78 is 0. The van der Waals surface area contributed by atoms with Crippen molar-refractivity contribution >= 4 is 45.6 Å². The van der Waals surface area contributed by atoms with Gasteiger partial charge in [-0.2, -0.15) is 0 Å². The lowest BCUT2D eigenvalue weighted by Crippen LogP contribution is -2.15. The first kappa shape index (κ1) is 17.1. The monoisotopic (exact) mass is 372 g/mol. The summed E-state index contributed by atoms with van der Waals surface area (Å²) in [4.78, 5) is 32.2. The van der Waals surface area contributed by atoms with Crippen LogP contribution in [0.5, 0.6) is 0 Å². The van der Waals surface area contributed by atoms with Gasteiger partial charge in [-0.05, 0) is 17.7 Å². The summed E-state index contributed by atoms with van der Waals surface area (Å²) in [5.41, 5.74) is 1.50. The van der Waals surface area contributed by atoms with E-state index in [0.29, 0.717) is 10.8 Å². The Balaban J connectivity index is 1.61. The number of benzene rings is 1. The molecule has 0 saturated carbocycles. The largest absolute Gasteiger partial charge is 0.318 e. The quantitative estimate of drug-likeness (QED) is 0.670. The summed E-state index contributed by atoms with van der Waals surface area (Å²) in [7, 11) is 0. The summed E-state index contributed by atoms with van der Waals surface area (Å²) in [6.45, 7) is 0. The second-order valence-corrected chi connectivity index (χ2v) is 6.26. The van der Waals surface area contributed by atoms with Crippen LogP contribution in [0, 0.1) is 0 Å². The molecule has 2 heterocycles. The number of anilines is 2. The van der Waals surface area contributed by atoms with E-state index in [4.69, 9.17) is 11.6 Å². The molecule has 0 unspecified atom stereocenters. The van der Waals surface area contributed by atoms with Crippen LogP contribution in [-0.2, 0) is 11.2 Å². The lowest BCUT2D eigenvalue weighted by molar-refractivity contribution is -0.115. The van der Waals surface area contributed by atoms with Crippen molar-refractivity contribution < 1.29 is 9.59 Å². The highest BCUT2D eigenvalue weighted by atomic mass is 35.5. The van der Waals surface area contributed by atoms with Gasteiger partial charge < -0.3 is 10.6 Å². The molecule has 2 aromatic heterocycles. The van der Waals surface area contributed by atoms with Crippen molar-refractivity contribution in [2.75, 3.05) is 10.6 Å². The molecule has 0 aliphatic rings. The average Bonchev–Trinajstić information content (AvgIpc) is 3.06. The molecule has 25 heavy (non-hydrogen) atoms. The summed E-state index contributed by atoms with van der Waals surface area (Å²) >= 11 is 7.09. The van der Waals surface area contributed by atoms with E-state index in [9.17, 15) is 9.59 Å². The predicted molar refractivity (Wildman–Crippen MR) is 98.1 cm³/mol. The standard InChI is InChI=1S/C17H13ClN4O2S/c18-15-12(7-4-8-19-15)20-16(24)13-10-25-17(21-13)22-14(23)9-11-5-2-1-3-6-11/h1-8,10H,9H2,(H,20,24)(H,21,22,23). The second-order valence-electron chi connectivity index (χ2n) is 5.04. The third-order valence-corrected chi connectivity index (χ3v) is 4.26. The Morgan fingerprint density at radius 1 is 1.08 bits per heavy atom. The van der Waals surface area contributed by atoms with Crippen LogP contribution in [0.25, 0.3) is 0 Å². The fraction of sp³-hybridized carbons (Fsp3) is 0.0588. The van der Waals surface area contributed by atoms with Crippen molar-refractivity contribution in [3.8, 4) is 0 Å². The lowest BCUT2D eigenvalue weighted by Gasteiger charge is -2.04. The van der Waals surface area contributed by atoms with E-state index in [-0.39, 0.29) is 23.2 Å². The topological polar surface area (TPSA) is 84.0 Å². The van der Waals surface area contributed by atoms with E-state index in [0.717, 1.165) is 5.56 Å². The van der Waals surface area contributed by atoms with Crippen LogP contribution in [0.1, 0.15) is 16.1 Å². The van der Waals surface area contributed by atoms with Gasteiger partial charge in [-0.15, -0.1) is 11.3 Å². The van der Waals surface area contributed by atoms with Crippen molar-refractivity contribution in [2.24, 2.45) is 0 Å². The Labute approximate surface area is 152 Å². The molecule has 0 fully saturated rings. The fourth-order valence-corrected chi connectivity index (χ4v) is 2.92. The lowest BCUT2D eigenvalue weighted by atomic mass is 10.1. The summed E-state index contributed by atoms with van der Waals surface area (Å²) in [5, 5.41) is 7.45. The normalized spacial score (nSPS) is 10.3. The minimum atomic E-state index is -0.422. The van der Waals surface area contributed by atoms with E-state index in [1.54, 1.807) is 17.5 Å². The Hall–Kier alpha value is -2.77. The molecule has 2 amide bonds. The van der Waals surface area contributed by atoms with Gasteiger partial charge in [0, 0.05) is 11.6 Å². The minimum absolute atomic E-state index is 0.192. The fourth-order valence-electron chi connectivity index (χ4n) is 2.05. The van der Waals surface area contributed by atoms with Crippen molar-refractivity contribution in [3.63, 3.8) is 0 Å². The maximum atomic E-state index is 12.2. The maximum absolute atomic E-state index is 12.2. The average molecular weight is 373 g/mol. The third-order valence-electron chi connectivity index (χ3n) is 3.20. The van der Waals surface area contributed by atoms with E-state index in [2.05, 4.69) is 20.6 Å². The molecule has 3 aromatic rings. The number of hydrogen-bond donors (Lipinski definition) is 2. The summed E-state index contributed by atoms with van der Waals surface area (Å²) in [6, 6.07) is 12.7. The minimum Gasteiger partial charge on any atom is -0.318 e. The number of nitrogens with one attached hydrogen (secondary N) is 2. The van der Waals surface area contributed by atoms with E-state index >= 15 is 0 Å². The third kappa shape index (κ3) is 4.62. The highest BCUT2D eigenvalue weighted by Crippen LogP contribution is 2.20. The van der Waals surface area contributed by atoms with Crippen LogP contribution in [-0.4, -0.2) is 21.8 Å². The molecule has 1 aromatic carbocycles. The first-order valence-electron chi connectivity index (χ1n) is 7.33. The van der Waals surface area contributed by atoms with E-state index in [1.807, 2.05) is 30.3 Å². The number of carbonyl (C=O) groups is 2. The number of pyridine rings is 1. The smallest absolute Gasteiger partial charge is 0.275 e. The molecule has 0 spiro atoms. The highest BCUT2D eigenvalue weighted by molar-refractivity contribution is 7.14. The Morgan fingerprint density at radius 2 is 1.88 bits per heavy atom. The first-order valence-corrected chi connectivity index (χ1v) is 8.59. The Morgan fingerprint density at radius 3 is 2.64 bits per heavy atom. The number of nitrogens with zero attached hydrogens (tertiary/aromatic N) is 2. The molecule has 3 rings (SSSR count). The molecule has 0 radical (unpaired) electrons.